The summed E-state index contributed by atoms with van der Waals surface area (Å²) in [6, 6.07) is 3.65. The minimum absolute atomic E-state index is 0.273. The normalized spacial score (nSPS) is 15.7. The van der Waals surface area contributed by atoms with Gasteiger partial charge in [0.15, 0.2) is 4.90 Å². The summed E-state index contributed by atoms with van der Waals surface area (Å²) in [5, 5.41) is 11.0. The van der Waals surface area contributed by atoms with Crippen molar-refractivity contribution in [1.82, 2.24) is 4.72 Å². The Labute approximate surface area is 116 Å². The molecule has 1 saturated carbocycles. The molecule has 0 saturated heterocycles. The predicted molar refractivity (Wildman–Crippen MR) is 73.4 cm³/mol. The maximum Gasteiger partial charge on any atom is 0.291 e. The maximum atomic E-state index is 12.1. The van der Waals surface area contributed by atoms with Gasteiger partial charge in [-0.1, -0.05) is 6.42 Å². The van der Waals surface area contributed by atoms with Crippen LogP contribution in [0.5, 0.6) is 0 Å². The number of sulfonamides is 1. The first kappa shape index (κ1) is 14.7. The van der Waals surface area contributed by atoms with E-state index in [2.05, 4.69) is 10.1 Å². The number of nitrogens with two attached hydrogens (primary N) is 1. The van der Waals surface area contributed by atoms with Gasteiger partial charge in [0, 0.05) is 12.6 Å². The standard InChI is InChI=1S/C11H16N4O4S/c12-14-9-4-5-11(10(6-9)15(16)17)20(18,19)13-7-8-2-1-3-8/h4-6,8,13-14H,1-3,7,12H2. The van der Waals surface area contributed by atoms with E-state index >= 15 is 0 Å². The number of nitrogens with one attached hydrogen (secondary N) is 2. The van der Waals surface area contributed by atoms with Crippen LogP contribution in [0.1, 0.15) is 19.3 Å². The van der Waals surface area contributed by atoms with Crippen LogP contribution in [-0.2, 0) is 10.0 Å². The van der Waals surface area contributed by atoms with E-state index in [9.17, 15) is 18.5 Å². The molecule has 1 aliphatic carbocycles. The monoisotopic (exact) mass is 300 g/mol. The molecule has 0 heterocycles. The lowest BCUT2D eigenvalue weighted by Crippen LogP contribution is -2.32. The molecule has 0 unspecified atom stereocenters. The van der Waals surface area contributed by atoms with Crippen molar-refractivity contribution < 1.29 is 13.3 Å². The number of nitrogen functional groups attached to an aromatic ring is 1. The molecule has 20 heavy (non-hydrogen) atoms. The molecule has 0 radical (unpaired) electrons. The molecule has 0 spiro atoms. The third-order valence-electron chi connectivity index (χ3n) is 3.40. The van der Waals surface area contributed by atoms with Crippen molar-refractivity contribution in [2.45, 2.75) is 24.2 Å². The highest BCUT2D eigenvalue weighted by atomic mass is 32.2. The average molecular weight is 300 g/mol. The topological polar surface area (TPSA) is 127 Å². The van der Waals surface area contributed by atoms with Crippen LogP contribution in [0.4, 0.5) is 11.4 Å². The molecular formula is C11H16N4O4S. The third kappa shape index (κ3) is 3.06. The lowest BCUT2D eigenvalue weighted by Gasteiger charge is -2.25. The molecule has 1 aliphatic rings. The molecule has 1 aromatic carbocycles. The number of nitro benzene ring substituents is 1. The Morgan fingerprint density at radius 1 is 1.40 bits per heavy atom. The number of hydrogen-bond donors (Lipinski definition) is 3. The van der Waals surface area contributed by atoms with Crippen LogP contribution in [-0.4, -0.2) is 19.9 Å². The first-order valence-corrected chi connectivity index (χ1v) is 7.67. The van der Waals surface area contributed by atoms with E-state index in [0.717, 1.165) is 25.3 Å². The van der Waals surface area contributed by atoms with Crippen LogP contribution in [0, 0.1) is 16.0 Å². The molecule has 1 fully saturated rings. The summed E-state index contributed by atoms with van der Waals surface area (Å²) in [7, 11) is -3.89. The van der Waals surface area contributed by atoms with Crippen molar-refractivity contribution >= 4 is 21.4 Å². The second-order valence-electron chi connectivity index (χ2n) is 4.73. The fraction of sp³-hybridized carbons (Fsp3) is 0.455. The Bertz CT molecular complexity index is 613. The molecule has 2 rings (SSSR count). The van der Waals surface area contributed by atoms with Gasteiger partial charge in [0.25, 0.3) is 5.69 Å². The Morgan fingerprint density at radius 3 is 2.60 bits per heavy atom. The van der Waals surface area contributed by atoms with Crippen LogP contribution in [0.3, 0.4) is 0 Å². The van der Waals surface area contributed by atoms with Crippen LogP contribution in [0.15, 0.2) is 23.1 Å². The highest BCUT2D eigenvalue weighted by Gasteiger charge is 2.27. The zero-order chi connectivity index (χ0) is 14.8. The van der Waals surface area contributed by atoms with E-state index in [-0.39, 0.29) is 10.6 Å². The molecule has 110 valence electrons. The van der Waals surface area contributed by atoms with Gasteiger partial charge in [-0.2, -0.15) is 0 Å². The molecular weight excluding hydrogens is 284 g/mol. The van der Waals surface area contributed by atoms with Crippen molar-refractivity contribution in [2.75, 3.05) is 12.0 Å². The lowest BCUT2D eigenvalue weighted by atomic mass is 9.86. The van der Waals surface area contributed by atoms with Crippen LogP contribution >= 0.6 is 0 Å². The fourth-order valence-electron chi connectivity index (χ4n) is 1.98. The molecule has 0 bridgehead atoms. The molecule has 8 nitrogen and oxygen atoms in total. The number of hydrazine groups is 1. The summed E-state index contributed by atoms with van der Waals surface area (Å²) < 4.78 is 26.7. The molecule has 0 atom stereocenters. The largest absolute Gasteiger partial charge is 0.324 e. The summed E-state index contributed by atoms with van der Waals surface area (Å²) in [5.74, 6) is 5.49. The van der Waals surface area contributed by atoms with Crippen molar-refractivity contribution in [3.05, 3.63) is 28.3 Å². The van der Waals surface area contributed by atoms with Crippen LogP contribution < -0.4 is 16.0 Å². The fourth-order valence-corrected chi connectivity index (χ4v) is 3.25. The van der Waals surface area contributed by atoms with E-state index in [4.69, 9.17) is 5.84 Å². The third-order valence-corrected chi connectivity index (χ3v) is 4.87. The van der Waals surface area contributed by atoms with Gasteiger partial charge in [-0.05, 0) is 30.9 Å². The summed E-state index contributed by atoms with van der Waals surface area (Å²) in [6.45, 7) is 0.316. The Morgan fingerprint density at radius 2 is 2.10 bits per heavy atom. The van der Waals surface area contributed by atoms with Gasteiger partial charge in [-0.3, -0.25) is 16.0 Å². The second kappa shape index (κ2) is 5.73. The number of benzene rings is 1. The molecule has 1 aromatic rings. The van der Waals surface area contributed by atoms with Gasteiger partial charge in [0.1, 0.15) is 0 Å². The summed E-state index contributed by atoms with van der Waals surface area (Å²) in [4.78, 5) is 9.90. The van der Waals surface area contributed by atoms with Crippen LogP contribution in [0.25, 0.3) is 0 Å². The number of hydrogen-bond acceptors (Lipinski definition) is 6. The Balaban J connectivity index is 2.27. The maximum absolute atomic E-state index is 12.1. The first-order valence-electron chi connectivity index (χ1n) is 6.19. The summed E-state index contributed by atoms with van der Waals surface area (Å²) in [5.41, 5.74) is 2.02. The van der Waals surface area contributed by atoms with Crippen LogP contribution in [0.2, 0.25) is 0 Å². The predicted octanol–water partition coefficient (Wildman–Crippen LogP) is 0.959. The van der Waals surface area contributed by atoms with Crippen molar-refractivity contribution in [2.24, 2.45) is 11.8 Å². The summed E-state index contributed by atoms with van der Waals surface area (Å²) in [6.07, 6.45) is 3.07. The zero-order valence-corrected chi connectivity index (χ0v) is 11.5. The highest BCUT2D eigenvalue weighted by Crippen LogP contribution is 2.28. The minimum atomic E-state index is -3.89. The van der Waals surface area contributed by atoms with Crippen molar-refractivity contribution in [3.63, 3.8) is 0 Å². The number of nitro groups is 1. The highest BCUT2D eigenvalue weighted by molar-refractivity contribution is 7.89. The zero-order valence-electron chi connectivity index (χ0n) is 10.7. The molecule has 0 aromatic heterocycles. The smallest absolute Gasteiger partial charge is 0.291 e. The minimum Gasteiger partial charge on any atom is -0.324 e. The van der Waals surface area contributed by atoms with Crippen molar-refractivity contribution in [3.8, 4) is 0 Å². The second-order valence-corrected chi connectivity index (χ2v) is 6.47. The molecule has 9 heteroatoms. The van der Waals surface area contributed by atoms with E-state index in [0.29, 0.717) is 12.5 Å². The van der Waals surface area contributed by atoms with Gasteiger partial charge < -0.3 is 5.43 Å². The number of rotatable bonds is 6. The lowest BCUT2D eigenvalue weighted by molar-refractivity contribution is -0.387. The summed E-state index contributed by atoms with van der Waals surface area (Å²) >= 11 is 0. The molecule has 0 aliphatic heterocycles. The van der Waals surface area contributed by atoms with Gasteiger partial charge in [0.05, 0.1) is 10.6 Å². The van der Waals surface area contributed by atoms with Gasteiger partial charge in [0.2, 0.25) is 10.0 Å². The number of nitrogens with zero attached hydrogens (tertiary/aromatic N) is 1. The van der Waals surface area contributed by atoms with E-state index < -0.39 is 20.6 Å². The quantitative estimate of drug-likeness (QED) is 0.408. The molecule has 0 amide bonds. The van der Waals surface area contributed by atoms with E-state index in [1.165, 1.54) is 12.1 Å². The Kier molecular flexibility index (Phi) is 4.21. The van der Waals surface area contributed by atoms with Gasteiger partial charge in [-0.25, -0.2) is 13.1 Å². The average Bonchev–Trinajstić information content (AvgIpc) is 2.35. The SMILES string of the molecule is NNc1ccc(S(=O)(=O)NCC2CCC2)c([N+](=O)[O-])c1. The van der Waals surface area contributed by atoms with E-state index in [1.807, 2.05) is 0 Å². The van der Waals surface area contributed by atoms with E-state index in [1.54, 1.807) is 0 Å². The van der Waals surface area contributed by atoms with Crippen molar-refractivity contribution in [1.29, 1.82) is 0 Å². The van der Waals surface area contributed by atoms with Gasteiger partial charge >= 0.3 is 0 Å². The molecule has 4 N–H and O–H groups in total. The Hall–Kier alpha value is -1.71. The first-order chi connectivity index (χ1) is 9.44. The van der Waals surface area contributed by atoms with Gasteiger partial charge in [-0.15, -0.1) is 0 Å². The number of anilines is 1.